The van der Waals surface area contributed by atoms with Crippen molar-refractivity contribution in [1.82, 2.24) is 15.0 Å². The third-order valence-corrected chi connectivity index (χ3v) is 13.5. The summed E-state index contributed by atoms with van der Waals surface area (Å²) in [5.41, 5.74) is 16.1. The lowest BCUT2D eigenvalue weighted by Gasteiger charge is -2.36. The average Bonchev–Trinajstić information content (AvgIpc) is 3.61. The molecule has 0 atom stereocenters. The fourth-order valence-electron chi connectivity index (χ4n) is 10.6. The molecule has 1 fully saturated rings. The normalized spacial score (nSPS) is 13.9. The van der Waals surface area contributed by atoms with Gasteiger partial charge >= 0.3 is 0 Å². The van der Waals surface area contributed by atoms with Crippen LogP contribution in [0, 0.1) is 0 Å². The van der Waals surface area contributed by atoms with Crippen LogP contribution in [0.2, 0.25) is 0 Å². The minimum absolute atomic E-state index is 0.100. The number of hydrogen-bond acceptors (Lipinski definition) is 3. The van der Waals surface area contributed by atoms with Crippen molar-refractivity contribution in [1.29, 1.82) is 0 Å². The molecule has 0 unspecified atom stereocenters. The van der Waals surface area contributed by atoms with Crippen LogP contribution in [-0.4, -0.2) is 15.0 Å². The van der Waals surface area contributed by atoms with Crippen LogP contribution in [0.4, 0.5) is 0 Å². The first-order chi connectivity index (χ1) is 30.7. The highest BCUT2D eigenvalue weighted by atomic mass is 15.0. The predicted molar refractivity (Wildman–Crippen MR) is 257 cm³/mol. The summed E-state index contributed by atoms with van der Waals surface area (Å²) in [6.45, 7) is 0. The van der Waals surface area contributed by atoms with Crippen molar-refractivity contribution in [3.8, 4) is 78.7 Å². The Morgan fingerprint density at radius 2 is 0.710 bits per heavy atom. The summed E-state index contributed by atoms with van der Waals surface area (Å²) in [5, 5.41) is 4.80. The molecule has 1 spiro atoms. The fraction of sp³-hybridized carbons (Fsp3) is 0.102. The first-order valence-electron chi connectivity index (χ1n) is 22.0. The molecule has 0 radical (unpaired) electrons. The summed E-state index contributed by atoms with van der Waals surface area (Å²) >= 11 is 0. The number of rotatable bonds is 6. The maximum atomic E-state index is 5.14. The molecule has 12 rings (SSSR count). The molecule has 1 heterocycles. The Morgan fingerprint density at radius 3 is 1.27 bits per heavy atom. The largest absolute Gasteiger partial charge is 0.208 e. The van der Waals surface area contributed by atoms with Crippen molar-refractivity contribution in [2.24, 2.45) is 0 Å². The van der Waals surface area contributed by atoms with Crippen LogP contribution >= 0.6 is 0 Å². The quantitative estimate of drug-likeness (QED) is 0.157. The highest BCUT2D eigenvalue weighted by molar-refractivity contribution is 6.22. The number of fused-ring (bicyclic) bond motifs is 7. The zero-order chi connectivity index (χ0) is 41.0. The maximum absolute atomic E-state index is 5.14. The Labute approximate surface area is 362 Å². The van der Waals surface area contributed by atoms with E-state index in [0.717, 1.165) is 22.1 Å². The third-order valence-electron chi connectivity index (χ3n) is 13.5. The minimum atomic E-state index is 0.100. The smallest absolute Gasteiger partial charge is 0.164 e. The SMILES string of the molecule is c1ccc(-c2nc(-c3ccccc3)nc(-c3ccc4c(-c5ccccc5)c5cc(-c6ccc7c(c6)C6(CCCCC6)c6ccccc6-7)ccc5c(-c5ccccc5)c4c3)n2)cc1. The van der Waals surface area contributed by atoms with E-state index >= 15 is 0 Å². The molecule has 0 bridgehead atoms. The van der Waals surface area contributed by atoms with Crippen LogP contribution in [0.3, 0.4) is 0 Å². The Hall–Kier alpha value is -7.49. The predicted octanol–water partition coefficient (Wildman–Crippen LogP) is 15.4. The lowest BCUT2D eigenvalue weighted by atomic mass is 9.67. The van der Waals surface area contributed by atoms with Gasteiger partial charge in [-0.1, -0.05) is 201 Å². The third kappa shape index (κ3) is 5.99. The summed E-state index contributed by atoms with van der Waals surface area (Å²) in [6.07, 6.45) is 6.32. The van der Waals surface area contributed by atoms with Crippen LogP contribution in [-0.2, 0) is 5.41 Å². The number of benzene rings is 9. The van der Waals surface area contributed by atoms with Gasteiger partial charge in [-0.2, -0.15) is 0 Å². The van der Waals surface area contributed by atoms with Gasteiger partial charge < -0.3 is 0 Å². The first-order valence-corrected chi connectivity index (χ1v) is 22.0. The molecule has 62 heavy (non-hydrogen) atoms. The molecule has 294 valence electrons. The highest BCUT2D eigenvalue weighted by Crippen LogP contribution is 2.56. The summed E-state index contributed by atoms with van der Waals surface area (Å²) in [5.74, 6) is 1.95. The van der Waals surface area contributed by atoms with Crippen LogP contribution < -0.4 is 0 Å². The molecular formula is C59H43N3. The summed E-state index contributed by atoms with van der Waals surface area (Å²) in [6, 6.07) is 72.6. The summed E-state index contributed by atoms with van der Waals surface area (Å²) in [7, 11) is 0. The van der Waals surface area contributed by atoms with Gasteiger partial charge in [-0.3, -0.25) is 0 Å². The van der Waals surface area contributed by atoms with Gasteiger partial charge in [0.05, 0.1) is 0 Å². The molecule has 9 aromatic carbocycles. The van der Waals surface area contributed by atoms with Crippen LogP contribution in [0.1, 0.15) is 43.2 Å². The minimum Gasteiger partial charge on any atom is -0.208 e. The number of nitrogens with zero attached hydrogens (tertiary/aromatic N) is 3. The number of aromatic nitrogens is 3. The van der Waals surface area contributed by atoms with Gasteiger partial charge in [0.15, 0.2) is 17.5 Å². The van der Waals surface area contributed by atoms with E-state index < -0.39 is 0 Å². The Bertz CT molecular complexity index is 3240. The second kappa shape index (κ2) is 14.9. The molecule has 0 saturated heterocycles. The second-order valence-corrected chi connectivity index (χ2v) is 17.0. The van der Waals surface area contributed by atoms with Crippen molar-refractivity contribution < 1.29 is 0 Å². The standard InChI is InChI=1S/C59H43N3/c1-6-18-39(19-7-1)54-49-33-30-45(58-61-56(41-22-10-3-11-23-41)60-57(62-58)42-24-12-4-13-25-42)37-51(49)55(40-20-8-2-9-21-40)48-32-29-43(36-50(48)54)44-28-31-47-46-26-14-15-27-52(46)59(53(47)38-44)34-16-5-17-35-59/h1-4,6-15,18-33,36-38H,5,16-17,34-35H2. The Kier molecular flexibility index (Phi) is 8.74. The van der Waals surface area contributed by atoms with Gasteiger partial charge in [0.1, 0.15) is 0 Å². The topological polar surface area (TPSA) is 38.7 Å². The van der Waals surface area contributed by atoms with Crippen LogP contribution in [0.5, 0.6) is 0 Å². The van der Waals surface area contributed by atoms with Crippen molar-refractivity contribution in [2.45, 2.75) is 37.5 Å². The van der Waals surface area contributed by atoms with Crippen molar-refractivity contribution in [2.75, 3.05) is 0 Å². The van der Waals surface area contributed by atoms with Gasteiger partial charge in [-0.25, -0.2) is 15.0 Å². The molecule has 1 saturated carbocycles. The molecule has 2 aliphatic rings. The van der Waals surface area contributed by atoms with Crippen molar-refractivity contribution in [3.63, 3.8) is 0 Å². The fourth-order valence-corrected chi connectivity index (χ4v) is 10.6. The van der Waals surface area contributed by atoms with Gasteiger partial charge in [0, 0.05) is 22.1 Å². The van der Waals surface area contributed by atoms with E-state index in [1.165, 1.54) is 104 Å². The van der Waals surface area contributed by atoms with Crippen LogP contribution in [0.25, 0.3) is 100 Å². The average molecular weight is 794 g/mol. The van der Waals surface area contributed by atoms with Gasteiger partial charge in [-0.05, 0) is 108 Å². The summed E-state index contributed by atoms with van der Waals surface area (Å²) in [4.78, 5) is 15.3. The van der Waals surface area contributed by atoms with E-state index in [0.29, 0.717) is 17.5 Å². The van der Waals surface area contributed by atoms with Crippen molar-refractivity contribution in [3.05, 3.63) is 211 Å². The van der Waals surface area contributed by atoms with Crippen LogP contribution in [0.15, 0.2) is 200 Å². The highest BCUT2D eigenvalue weighted by Gasteiger charge is 2.43. The van der Waals surface area contributed by atoms with E-state index in [1.54, 1.807) is 0 Å². The van der Waals surface area contributed by atoms with E-state index in [9.17, 15) is 0 Å². The maximum Gasteiger partial charge on any atom is 0.164 e. The zero-order valence-corrected chi connectivity index (χ0v) is 34.4. The summed E-state index contributed by atoms with van der Waals surface area (Å²) < 4.78 is 0. The monoisotopic (exact) mass is 793 g/mol. The molecule has 2 aliphatic carbocycles. The van der Waals surface area contributed by atoms with E-state index in [2.05, 4.69) is 164 Å². The molecule has 3 heteroatoms. The van der Waals surface area contributed by atoms with E-state index in [-0.39, 0.29) is 5.41 Å². The Morgan fingerprint density at radius 1 is 0.290 bits per heavy atom. The lowest BCUT2D eigenvalue weighted by molar-refractivity contribution is 0.353. The van der Waals surface area contributed by atoms with E-state index in [1.807, 2.05) is 36.4 Å². The molecular weight excluding hydrogens is 751 g/mol. The molecule has 0 amide bonds. The van der Waals surface area contributed by atoms with E-state index in [4.69, 9.17) is 15.0 Å². The Balaban J connectivity index is 1.10. The molecule has 1 aromatic heterocycles. The zero-order valence-electron chi connectivity index (χ0n) is 34.4. The molecule has 3 nitrogen and oxygen atoms in total. The molecule has 0 N–H and O–H groups in total. The van der Waals surface area contributed by atoms with Gasteiger partial charge in [0.25, 0.3) is 0 Å². The molecule has 0 aliphatic heterocycles. The van der Waals surface area contributed by atoms with Crippen molar-refractivity contribution >= 4 is 21.5 Å². The van der Waals surface area contributed by atoms with Gasteiger partial charge in [-0.15, -0.1) is 0 Å². The molecule has 10 aromatic rings. The van der Waals surface area contributed by atoms with Gasteiger partial charge in [0.2, 0.25) is 0 Å². The number of hydrogen-bond donors (Lipinski definition) is 0. The first kappa shape index (κ1) is 36.4. The lowest BCUT2D eigenvalue weighted by Crippen LogP contribution is -2.28. The second-order valence-electron chi connectivity index (χ2n) is 17.0.